The molecule has 108 valence electrons. The fraction of sp³-hybridized carbons (Fsp3) is 0.222. The first kappa shape index (κ1) is 15.0. The minimum atomic E-state index is -0.217. The minimum Gasteiger partial charge on any atom is -0.352 e. The van der Waals surface area contributed by atoms with Gasteiger partial charge in [0.15, 0.2) is 5.78 Å². The number of carbonyl (C=O) groups excluding carboxylic acids is 2. The molecule has 3 heteroatoms. The molecule has 0 bridgehead atoms. The normalized spacial score (nSPS) is 10.2. The van der Waals surface area contributed by atoms with Crippen molar-refractivity contribution >= 4 is 11.7 Å². The molecule has 0 saturated heterocycles. The van der Waals surface area contributed by atoms with Crippen LogP contribution < -0.4 is 5.32 Å². The molecule has 1 N–H and O–H groups in total. The molecule has 0 aliphatic rings. The lowest BCUT2D eigenvalue weighted by Crippen LogP contribution is -2.25. The molecule has 2 rings (SSSR count). The number of aryl methyl sites for hydroxylation is 2. The second-order valence-corrected chi connectivity index (χ2v) is 5.03. The van der Waals surface area contributed by atoms with Crippen LogP contribution in [0.2, 0.25) is 0 Å². The molecule has 0 spiro atoms. The largest absolute Gasteiger partial charge is 0.352 e. The van der Waals surface area contributed by atoms with Crippen molar-refractivity contribution in [2.24, 2.45) is 0 Å². The maximum atomic E-state index is 12.7. The van der Waals surface area contributed by atoms with Crippen molar-refractivity contribution < 1.29 is 9.59 Å². The number of ketones is 1. The molecule has 2 aromatic carbocycles. The maximum Gasteiger partial charge on any atom is 0.252 e. The third kappa shape index (κ3) is 3.19. The number of hydrogen-bond donors (Lipinski definition) is 1. The zero-order valence-corrected chi connectivity index (χ0v) is 12.6. The van der Waals surface area contributed by atoms with Crippen molar-refractivity contribution in [2.75, 3.05) is 6.54 Å². The molecular weight excluding hydrogens is 262 g/mol. The highest BCUT2D eigenvalue weighted by molar-refractivity contribution is 6.15. The van der Waals surface area contributed by atoms with Gasteiger partial charge in [0.25, 0.3) is 5.91 Å². The summed E-state index contributed by atoms with van der Waals surface area (Å²) in [5, 5.41) is 2.74. The van der Waals surface area contributed by atoms with Crippen LogP contribution in [-0.4, -0.2) is 18.2 Å². The molecule has 0 saturated carbocycles. The summed E-state index contributed by atoms with van der Waals surface area (Å²) < 4.78 is 0. The Balaban J connectivity index is 2.43. The van der Waals surface area contributed by atoms with Crippen LogP contribution in [0.5, 0.6) is 0 Å². The summed E-state index contributed by atoms with van der Waals surface area (Å²) in [7, 11) is 0. The lowest BCUT2D eigenvalue weighted by atomic mass is 9.96. The number of carbonyl (C=O) groups is 2. The van der Waals surface area contributed by atoms with E-state index in [4.69, 9.17) is 0 Å². The third-order valence-electron chi connectivity index (χ3n) is 3.52. The molecule has 3 nitrogen and oxygen atoms in total. The Morgan fingerprint density at radius 3 is 2.24 bits per heavy atom. The standard InChI is InChI=1S/C18H19NO2/c1-4-19-18(21)16-8-6-5-7-15(16)17(20)14-10-9-12(2)13(3)11-14/h5-11H,4H2,1-3H3,(H,19,21). The average molecular weight is 281 g/mol. The number of benzene rings is 2. The van der Waals surface area contributed by atoms with Gasteiger partial charge in [0.05, 0.1) is 5.56 Å². The summed E-state index contributed by atoms with van der Waals surface area (Å²) in [5.41, 5.74) is 3.67. The Morgan fingerprint density at radius 1 is 0.952 bits per heavy atom. The van der Waals surface area contributed by atoms with E-state index in [1.54, 1.807) is 30.3 Å². The van der Waals surface area contributed by atoms with Crippen LogP contribution in [-0.2, 0) is 0 Å². The van der Waals surface area contributed by atoms with Gasteiger partial charge < -0.3 is 5.32 Å². The fourth-order valence-electron chi connectivity index (χ4n) is 2.17. The Kier molecular flexibility index (Phi) is 4.53. The quantitative estimate of drug-likeness (QED) is 0.874. The molecule has 21 heavy (non-hydrogen) atoms. The van der Waals surface area contributed by atoms with Crippen molar-refractivity contribution in [3.8, 4) is 0 Å². The van der Waals surface area contributed by atoms with Crippen molar-refractivity contribution in [1.29, 1.82) is 0 Å². The third-order valence-corrected chi connectivity index (χ3v) is 3.52. The highest BCUT2D eigenvalue weighted by Crippen LogP contribution is 2.17. The highest BCUT2D eigenvalue weighted by Gasteiger charge is 2.17. The molecule has 0 aliphatic heterocycles. The van der Waals surface area contributed by atoms with Gasteiger partial charge in [0.2, 0.25) is 0 Å². The number of amides is 1. The van der Waals surface area contributed by atoms with Crippen LogP contribution >= 0.6 is 0 Å². The Bertz CT molecular complexity index is 689. The predicted molar refractivity (Wildman–Crippen MR) is 83.8 cm³/mol. The SMILES string of the molecule is CCNC(=O)c1ccccc1C(=O)c1ccc(C)c(C)c1. The van der Waals surface area contributed by atoms with E-state index < -0.39 is 0 Å². The van der Waals surface area contributed by atoms with Crippen LogP contribution in [0.3, 0.4) is 0 Å². The molecule has 0 atom stereocenters. The van der Waals surface area contributed by atoms with Crippen molar-refractivity contribution in [1.82, 2.24) is 5.32 Å². The van der Waals surface area contributed by atoms with Gasteiger partial charge in [-0.1, -0.05) is 30.3 Å². The van der Waals surface area contributed by atoms with E-state index in [0.717, 1.165) is 11.1 Å². The van der Waals surface area contributed by atoms with Crippen LogP contribution in [0, 0.1) is 13.8 Å². The predicted octanol–water partition coefficient (Wildman–Crippen LogP) is 3.28. The fourth-order valence-corrected chi connectivity index (χ4v) is 2.17. The van der Waals surface area contributed by atoms with Crippen LogP contribution in [0.4, 0.5) is 0 Å². The lowest BCUT2D eigenvalue weighted by Gasteiger charge is -2.09. The molecule has 0 unspecified atom stereocenters. The molecule has 0 aromatic heterocycles. The summed E-state index contributed by atoms with van der Waals surface area (Å²) >= 11 is 0. The lowest BCUT2D eigenvalue weighted by molar-refractivity contribution is 0.0944. The van der Waals surface area contributed by atoms with Crippen LogP contribution in [0.15, 0.2) is 42.5 Å². The molecule has 0 heterocycles. The summed E-state index contributed by atoms with van der Waals surface area (Å²) in [6.07, 6.45) is 0. The summed E-state index contributed by atoms with van der Waals surface area (Å²) in [5.74, 6) is -0.342. The summed E-state index contributed by atoms with van der Waals surface area (Å²) in [4.78, 5) is 24.7. The van der Waals surface area contributed by atoms with Gasteiger partial charge in [0.1, 0.15) is 0 Å². The molecule has 1 amide bonds. The minimum absolute atomic E-state index is 0.125. The molecular formula is C18H19NO2. The Hall–Kier alpha value is -2.42. The first-order chi connectivity index (χ1) is 10.0. The second kappa shape index (κ2) is 6.35. The van der Waals surface area contributed by atoms with Gasteiger partial charge in [-0.15, -0.1) is 0 Å². The van der Waals surface area contributed by atoms with Crippen molar-refractivity contribution in [3.63, 3.8) is 0 Å². The Morgan fingerprint density at radius 2 is 1.62 bits per heavy atom. The van der Waals surface area contributed by atoms with Gasteiger partial charge in [-0.2, -0.15) is 0 Å². The van der Waals surface area contributed by atoms with E-state index in [-0.39, 0.29) is 11.7 Å². The molecule has 2 aromatic rings. The zero-order valence-electron chi connectivity index (χ0n) is 12.6. The molecule has 0 aliphatic carbocycles. The number of rotatable bonds is 4. The van der Waals surface area contributed by atoms with Gasteiger partial charge in [-0.05, 0) is 44.0 Å². The van der Waals surface area contributed by atoms with E-state index in [1.807, 2.05) is 32.9 Å². The second-order valence-electron chi connectivity index (χ2n) is 5.03. The van der Waals surface area contributed by atoms with Gasteiger partial charge in [0, 0.05) is 17.7 Å². The van der Waals surface area contributed by atoms with Gasteiger partial charge in [-0.25, -0.2) is 0 Å². The summed E-state index contributed by atoms with van der Waals surface area (Å²) in [6, 6.07) is 12.5. The maximum absolute atomic E-state index is 12.7. The van der Waals surface area contributed by atoms with Crippen LogP contribution in [0.25, 0.3) is 0 Å². The van der Waals surface area contributed by atoms with E-state index in [9.17, 15) is 9.59 Å². The Labute approximate surface area is 125 Å². The summed E-state index contributed by atoms with van der Waals surface area (Å²) in [6.45, 7) is 6.37. The monoisotopic (exact) mass is 281 g/mol. The number of nitrogens with one attached hydrogen (secondary N) is 1. The first-order valence-electron chi connectivity index (χ1n) is 7.03. The van der Waals surface area contributed by atoms with Crippen LogP contribution in [0.1, 0.15) is 44.3 Å². The van der Waals surface area contributed by atoms with E-state index in [2.05, 4.69) is 5.32 Å². The van der Waals surface area contributed by atoms with E-state index in [1.165, 1.54) is 0 Å². The van der Waals surface area contributed by atoms with Gasteiger partial charge in [-0.3, -0.25) is 9.59 Å². The van der Waals surface area contributed by atoms with E-state index in [0.29, 0.717) is 23.2 Å². The molecule has 0 radical (unpaired) electrons. The highest BCUT2D eigenvalue weighted by atomic mass is 16.2. The molecule has 0 fully saturated rings. The number of hydrogen-bond acceptors (Lipinski definition) is 2. The van der Waals surface area contributed by atoms with Crippen molar-refractivity contribution in [2.45, 2.75) is 20.8 Å². The topological polar surface area (TPSA) is 46.2 Å². The zero-order chi connectivity index (χ0) is 15.4. The first-order valence-corrected chi connectivity index (χ1v) is 7.03. The average Bonchev–Trinajstić information content (AvgIpc) is 2.49. The smallest absolute Gasteiger partial charge is 0.252 e. The van der Waals surface area contributed by atoms with Crippen molar-refractivity contribution in [3.05, 3.63) is 70.3 Å². The van der Waals surface area contributed by atoms with E-state index >= 15 is 0 Å². The van der Waals surface area contributed by atoms with Gasteiger partial charge >= 0.3 is 0 Å².